The zero-order chi connectivity index (χ0) is 25.9. The molecule has 0 aliphatic carbocycles. The van der Waals surface area contributed by atoms with Crippen LogP contribution >= 0.6 is 0 Å². The van der Waals surface area contributed by atoms with Crippen LogP contribution in [0.15, 0.2) is 140 Å². The number of para-hydroxylation sites is 1. The van der Waals surface area contributed by atoms with Crippen molar-refractivity contribution < 1.29 is 0 Å². The molecule has 0 spiro atoms. The van der Waals surface area contributed by atoms with Crippen molar-refractivity contribution in [1.82, 2.24) is 9.13 Å². The summed E-state index contributed by atoms with van der Waals surface area (Å²) in [5.74, 6) is 0. The first kappa shape index (κ1) is 22.0. The average molecular weight is 499 g/mol. The fourth-order valence-electron chi connectivity index (χ4n) is 6.21. The average Bonchev–Trinajstić information content (AvgIpc) is 3.49. The van der Waals surface area contributed by atoms with Gasteiger partial charge >= 0.3 is 0 Å². The molecule has 184 valence electrons. The smallest absolute Gasteiger partial charge is 0.0541 e. The van der Waals surface area contributed by atoms with Gasteiger partial charge in [0.2, 0.25) is 0 Å². The zero-order valence-corrected chi connectivity index (χ0v) is 21.7. The summed E-state index contributed by atoms with van der Waals surface area (Å²) < 4.78 is 4.73. The van der Waals surface area contributed by atoms with E-state index in [9.17, 15) is 0 Å². The van der Waals surface area contributed by atoms with Gasteiger partial charge in [0.25, 0.3) is 0 Å². The summed E-state index contributed by atoms with van der Waals surface area (Å²) in [5.41, 5.74) is 11.1. The van der Waals surface area contributed by atoms with Gasteiger partial charge < -0.3 is 9.13 Å². The highest BCUT2D eigenvalue weighted by Crippen LogP contribution is 2.37. The van der Waals surface area contributed by atoms with E-state index in [4.69, 9.17) is 0 Å². The topological polar surface area (TPSA) is 9.86 Å². The van der Waals surface area contributed by atoms with Crippen LogP contribution < -0.4 is 0 Å². The second-order valence-corrected chi connectivity index (χ2v) is 10.3. The van der Waals surface area contributed by atoms with Gasteiger partial charge in [-0.25, -0.2) is 0 Å². The second kappa shape index (κ2) is 8.47. The molecule has 0 aliphatic rings. The van der Waals surface area contributed by atoms with Gasteiger partial charge in [-0.1, -0.05) is 97.1 Å². The Balaban J connectivity index is 1.35. The third-order valence-corrected chi connectivity index (χ3v) is 8.14. The van der Waals surface area contributed by atoms with Crippen LogP contribution in [-0.2, 0) is 7.05 Å². The lowest BCUT2D eigenvalue weighted by atomic mass is 10.0. The Morgan fingerprint density at radius 1 is 0.359 bits per heavy atom. The summed E-state index contributed by atoms with van der Waals surface area (Å²) in [6.45, 7) is 0. The molecule has 0 radical (unpaired) electrons. The van der Waals surface area contributed by atoms with Crippen molar-refractivity contribution in [3.05, 3.63) is 140 Å². The van der Waals surface area contributed by atoms with Gasteiger partial charge in [-0.3, -0.25) is 0 Å². The lowest BCUT2D eigenvalue weighted by Gasteiger charge is -2.09. The van der Waals surface area contributed by atoms with Gasteiger partial charge in [0.05, 0.1) is 11.0 Å². The minimum atomic E-state index is 1.18. The van der Waals surface area contributed by atoms with Gasteiger partial charge in [-0.05, 0) is 64.7 Å². The Kier molecular flexibility index (Phi) is 4.77. The van der Waals surface area contributed by atoms with Gasteiger partial charge in [0.15, 0.2) is 0 Å². The molecular weight excluding hydrogens is 472 g/mol. The highest BCUT2D eigenvalue weighted by Gasteiger charge is 2.16. The number of fused-ring (bicyclic) bond motifs is 6. The molecule has 2 heterocycles. The van der Waals surface area contributed by atoms with E-state index in [-0.39, 0.29) is 0 Å². The Bertz CT molecular complexity index is 2160. The number of nitrogens with zero attached hydrogens (tertiary/aromatic N) is 2. The normalized spacial score (nSPS) is 11.7. The molecule has 0 fully saturated rings. The maximum absolute atomic E-state index is 2.41. The Hall–Kier alpha value is -5.08. The van der Waals surface area contributed by atoms with Crippen molar-refractivity contribution in [3.8, 4) is 27.9 Å². The molecule has 0 aliphatic heterocycles. The molecule has 0 saturated heterocycles. The molecule has 6 aromatic carbocycles. The third kappa shape index (κ3) is 3.35. The minimum Gasteiger partial charge on any atom is -0.344 e. The quantitative estimate of drug-likeness (QED) is 0.229. The molecule has 0 unspecified atom stereocenters. The summed E-state index contributed by atoms with van der Waals surface area (Å²) >= 11 is 0. The maximum Gasteiger partial charge on any atom is 0.0541 e. The first-order valence-electron chi connectivity index (χ1n) is 13.4. The number of hydrogen-bond acceptors (Lipinski definition) is 0. The fourth-order valence-corrected chi connectivity index (χ4v) is 6.21. The SMILES string of the molecule is Cn1c2ccc(-n3c4ccccc4c4cc(-c5ccccc5)ccc43)cc2c2ccc(-c3ccccc3)cc21. The van der Waals surface area contributed by atoms with Crippen molar-refractivity contribution in [2.75, 3.05) is 0 Å². The van der Waals surface area contributed by atoms with Crippen LogP contribution in [0.25, 0.3) is 71.6 Å². The van der Waals surface area contributed by atoms with E-state index in [2.05, 4.69) is 156 Å². The van der Waals surface area contributed by atoms with Gasteiger partial charge in [-0.2, -0.15) is 0 Å². The summed E-state index contributed by atoms with van der Waals surface area (Å²) in [6, 6.07) is 50.6. The highest BCUT2D eigenvalue weighted by atomic mass is 15.0. The van der Waals surface area contributed by atoms with Crippen molar-refractivity contribution >= 4 is 43.6 Å². The van der Waals surface area contributed by atoms with Crippen LogP contribution in [0, 0.1) is 0 Å². The van der Waals surface area contributed by atoms with Crippen LogP contribution in [0.3, 0.4) is 0 Å². The van der Waals surface area contributed by atoms with E-state index in [0.717, 1.165) is 0 Å². The van der Waals surface area contributed by atoms with Crippen molar-refractivity contribution in [2.45, 2.75) is 0 Å². The fraction of sp³-hybridized carbons (Fsp3) is 0.0270. The molecule has 2 nitrogen and oxygen atoms in total. The molecule has 2 heteroatoms. The number of aromatic nitrogens is 2. The summed E-state index contributed by atoms with van der Waals surface area (Å²) in [6.07, 6.45) is 0. The number of rotatable bonds is 3. The van der Waals surface area contributed by atoms with Crippen molar-refractivity contribution in [2.24, 2.45) is 7.05 Å². The summed E-state index contributed by atoms with van der Waals surface area (Å²) in [7, 11) is 2.17. The predicted molar refractivity (Wildman–Crippen MR) is 166 cm³/mol. The molecule has 0 saturated carbocycles. The summed E-state index contributed by atoms with van der Waals surface area (Å²) in [5, 5.41) is 5.10. The van der Waals surface area contributed by atoms with E-state index in [1.807, 2.05) is 0 Å². The standard InChI is InChI=1S/C37H26N2/c1-38-34-21-18-29(24-33(34)31-19-16-28(23-37(31)38)26-12-6-3-7-13-26)39-35-15-9-8-14-30(35)32-22-27(17-20-36(32)39)25-10-4-2-5-11-25/h2-24H,1H3. The van der Waals surface area contributed by atoms with Crippen LogP contribution in [-0.4, -0.2) is 9.13 Å². The molecule has 2 aromatic heterocycles. The molecule has 0 atom stereocenters. The second-order valence-electron chi connectivity index (χ2n) is 10.3. The lowest BCUT2D eigenvalue weighted by molar-refractivity contribution is 1.01. The van der Waals surface area contributed by atoms with E-state index in [0.29, 0.717) is 0 Å². The van der Waals surface area contributed by atoms with E-state index >= 15 is 0 Å². The molecular formula is C37H26N2. The maximum atomic E-state index is 2.41. The predicted octanol–water partition coefficient (Wildman–Crippen LogP) is 9.76. The lowest BCUT2D eigenvalue weighted by Crippen LogP contribution is -1.94. The van der Waals surface area contributed by atoms with Crippen molar-refractivity contribution in [3.63, 3.8) is 0 Å². The highest BCUT2D eigenvalue weighted by molar-refractivity contribution is 6.12. The Morgan fingerprint density at radius 2 is 0.923 bits per heavy atom. The van der Waals surface area contributed by atoms with Crippen LogP contribution in [0.5, 0.6) is 0 Å². The Morgan fingerprint density at radius 3 is 1.69 bits per heavy atom. The van der Waals surface area contributed by atoms with Gasteiger partial charge in [-0.15, -0.1) is 0 Å². The molecule has 0 bridgehead atoms. The minimum absolute atomic E-state index is 1.18. The number of hydrogen-bond donors (Lipinski definition) is 0. The van der Waals surface area contributed by atoms with E-state index < -0.39 is 0 Å². The first-order valence-corrected chi connectivity index (χ1v) is 13.4. The Labute approximate surface area is 227 Å². The largest absolute Gasteiger partial charge is 0.344 e. The molecule has 39 heavy (non-hydrogen) atoms. The molecule has 8 rings (SSSR count). The monoisotopic (exact) mass is 498 g/mol. The van der Waals surface area contributed by atoms with E-state index in [1.165, 1.54) is 71.6 Å². The first-order chi connectivity index (χ1) is 19.3. The van der Waals surface area contributed by atoms with Crippen LogP contribution in [0.1, 0.15) is 0 Å². The van der Waals surface area contributed by atoms with Gasteiger partial charge in [0.1, 0.15) is 0 Å². The number of benzene rings is 6. The third-order valence-electron chi connectivity index (χ3n) is 8.14. The van der Waals surface area contributed by atoms with Crippen molar-refractivity contribution in [1.29, 1.82) is 0 Å². The number of aryl methyl sites for hydroxylation is 1. The summed E-state index contributed by atoms with van der Waals surface area (Å²) in [4.78, 5) is 0. The van der Waals surface area contributed by atoms with Crippen LogP contribution in [0.4, 0.5) is 0 Å². The molecule has 0 amide bonds. The van der Waals surface area contributed by atoms with Gasteiger partial charge in [0, 0.05) is 45.3 Å². The zero-order valence-electron chi connectivity index (χ0n) is 21.7. The molecule has 8 aromatic rings. The molecule has 0 N–H and O–H groups in total. The van der Waals surface area contributed by atoms with E-state index in [1.54, 1.807) is 0 Å². The van der Waals surface area contributed by atoms with Crippen LogP contribution in [0.2, 0.25) is 0 Å².